The number of para-hydroxylation sites is 1. The standard InChI is InChI=1S/C28H25N3O3/c1-19-16-20(13-14-24(19)28(34,27(29)33)22-9-3-2-4-10-22)26(32)31-18-23-11-7-15-30(23)17-21-8-5-6-12-25(21)31/h2-16,34H,17-18H2,1H3,(H2,29,33). The summed E-state index contributed by atoms with van der Waals surface area (Å²) in [7, 11) is 0. The number of aromatic nitrogens is 1. The molecule has 1 unspecified atom stereocenters. The molecule has 5 rings (SSSR count). The van der Waals surface area contributed by atoms with Gasteiger partial charge in [0.15, 0.2) is 5.60 Å². The molecule has 0 saturated carbocycles. The quantitative estimate of drug-likeness (QED) is 0.496. The van der Waals surface area contributed by atoms with Crippen molar-refractivity contribution in [1.82, 2.24) is 4.57 Å². The zero-order valence-corrected chi connectivity index (χ0v) is 18.8. The van der Waals surface area contributed by atoms with Gasteiger partial charge < -0.3 is 20.3 Å². The first-order chi connectivity index (χ1) is 16.4. The van der Waals surface area contributed by atoms with Crippen molar-refractivity contribution in [2.45, 2.75) is 25.6 Å². The fraction of sp³-hybridized carbons (Fsp3) is 0.143. The Morgan fingerprint density at radius 3 is 2.38 bits per heavy atom. The number of anilines is 1. The van der Waals surface area contributed by atoms with Crippen molar-refractivity contribution in [3.63, 3.8) is 0 Å². The van der Waals surface area contributed by atoms with E-state index in [0.717, 1.165) is 16.9 Å². The summed E-state index contributed by atoms with van der Waals surface area (Å²) in [6, 6.07) is 25.5. The predicted octanol–water partition coefficient (Wildman–Crippen LogP) is 3.73. The third kappa shape index (κ3) is 3.49. The topological polar surface area (TPSA) is 88.6 Å². The highest BCUT2D eigenvalue weighted by Crippen LogP contribution is 2.34. The predicted molar refractivity (Wildman–Crippen MR) is 130 cm³/mol. The van der Waals surface area contributed by atoms with Crippen LogP contribution in [0.1, 0.15) is 38.3 Å². The minimum Gasteiger partial charge on any atom is -0.372 e. The van der Waals surface area contributed by atoms with Gasteiger partial charge >= 0.3 is 0 Å². The Bertz CT molecular complexity index is 1390. The summed E-state index contributed by atoms with van der Waals surface area (Å²) in [5.74, 6) is -1.03. The molecule has 34 heavy (non-hydrogen) atoms. The molecule has 0 spiro atoms. The van der Waals surface area contributed by atoms with Crippen LogP contribution in [0.4, 0.5) is 5.69 Å². The van der Waals surface area contributed by atoms with Crippen LogP contribution in [0.5, 0.6) is 0 Å². The lowest BCUT2D eigenvalue weighted by molar-refractivity contribution is -0.133. The minimum absolute atomic E-state index is 0.154. The lowest BCUT2D eigenvalue weighted by atomic mass is 9.82. The summed E-state index contributed by atoms with van der Waals surface area (Å²) < 4.78 is 2.15. The van der Waals surface area contributed by atoms with Crippen molar-refractivity contribution in [3.05, 3.63) is 125 Å². The number of carbonyl (C=O) groups is 2. The molecule has 1 atom stereocenters. The second kappa shape index (κ2) is 8.32. The van der Waals surface area contributed by atoms with E-state index in [-0.39, 0.29) is 5.91 Å². The first-order valence-electron chi connectivity index (χ1n) is 11.1. The van der Waals surface area contributed by atoms with Crippen LogP contribution in [-0.2, 0) is 23.5 Å². The Labute approximate surface area is 197 Å². The maximum Gasteiger partial charge on any atom is 0.258 e. The smallest absolute Gasteiger partial charge is 0.258 e. The first-order valence-corrected chi connectivity index (χ1v) is 11.1. The van der Waals surface area contributed by atoms with Crippen LogP contribution in [0.3, 0.4) is 0 Å². The lowest BCUT2D eigenvalue weighted by Crippen LogP contribution is -2.42. The Balaban J connectivity index is 1.55. The third-order valence-electron chi connectivity index (χ3n) is 6.52. The molecular weight excluding hydrogens is 426 g/mol. The second-order valence-corrected chi connectivity index (χ2v) is 8.62. The van der Waals surface area contributed by atoms with Gasteiger partial charge in [-0.15, -0.1) is 0 Å². The molecule has 170 valence electrons. The van der Waals surface area contributed by atoms with Gasteiger partial charge in [0.1, 0.15) is 0 Å². The summed E-state index contributed by atoms with van der Waals surface area (Å²) in [6.45, 7) is 2.91. The average Bonchev–Trinajstić information content (AvgIpc) is 3.22. The summed E-state index contributed by atoms with van der Waals surface area (Å²) >= 11 is 0. The number of rotatable bonds is 4. The number of carbonyl (C=O) groups excluding carboxylic acids is 2. The molecule has 0 radical (unpaired) electrons. The fourth-order valence-electron chi connectivity index (χ4n) is 4.74. The molecule has 2 heterocycles. The number of hydrogen-bond donors (Lipinski definition) is 2. The monoisotopic (exact) mass is 451 g/mol. The van der Waals surface area contributed by atoms with Crippen molar-refractivity contribution in [1.29, 1.82) is 0 Å². The highest BCUT2D eigenvalue weighted by Gasteiger charge is 2.39. The summed E-state index contributed by atoms with van der Waals surface area (Å²) in [6.07, 6.45) is 2.02. The number of nitrogens with two attached hydrogens (primary N) is 1. The second-order valence-electron chi connectivity index (χ2n) is 8.62. The third-order valence-corrected chi connectivity index (χ3v) is 6.52. The summed E-state index contributed by atoms with van der Waals surface area (Å²) in [5, 5.41) is 11.4. The van der Waals surface area contributed by atoms with E-state index in [1.807, 2.05) is 42.6 Å². The van der Waals surface area contributed by atoms with Gasteiger partial charge in [-0.1, -0.05) is 54.6 Å². The SMILES string of the molecule is Cc1cc(C(=O)N2Cc3cccn3Cc3ccccc32)ccc1C(O)(C(N)=O)c1ccccc1. The number of aryl methyl sites for hydroxylation is 1. The van der Waals surface area contributed by atoms with Crippen molar-refractivity contribution in [3.8, 4) is 0 Å². The largest absolute Gasteiger partial charge is 0.372 e. The van der Waals surface area contributed by atoms with Crippen LogP contribution < -0.4 is 10.6 Å². The number of primary amides is 1. The molecule has 1 aliphatic rings. The zero-order chi connectivity index (χ0) is 23.9. The average molecular weight is 452 g/mol. The van der Waals surface area contributed by atoms with Gasteiger partial charge in [-0.3, -0.25) is 9.59 Å². The normalized spacial score (nSPS) is 14.5. The highest BCUT2D eigenvalue weighted by atomic mass is 16.3. The van der Waals surface area contributed by atoms with Crippen molar-refractivity contribution in [2.75, 3.05) is 4.90 Å². The molecule has 0 fully saturated rings. The number of amides is 2. The maximum absolute atomic E-state index is 13.7. The first kappa shape index (κ1) is 21.7. The van der Waals surface area contributed by atoms with Crippen LogP contribution in [0.15, 0.2) is 91.1 Å². The number of nitrogens with zero attached hydrogens (tertiary/aromatic N) is 2. The van der Waals surface area contributed by atoms with E-state index < -0.39 is 11.5 Å². The van der Waals surface area contributed by atoms with E-state index in [2.05, 4.69) is 4.57 Å². The molecule has 3 N–H and O–H groups in total. The van der Waals surface area contributed by atoms with Crippen LogP contribution >= 0.6 is 0 Å². The zero-order valence-electron chi connectivity index (χ0n) is 18.8. The van der Waals surface area contributed by atoms with Gasteiger partial charge in [0.25, 0.3) is 11.8 Å². The molecule has 2 amide bonds. The number of aliphatic hydroxyl groups is 1. The van der Waals surface area contributed by atoms with E-state index in [0.29, 0.717) is 35.3 Å². The minimum atomic E-state index is -2.00. The van der Waals surface area contributed by atoms with Crippen LogP contribution in [-0.4, -0.2) is 21.5 Å². The maximum atomic E-state index is 13.7. The van der Waals surface area contributed by atoms with E-state index in [1.54, 1.807) is 60.4 Å². The van der Waals surface area contributed by atoms with E-state index in [1.165, 1.54) is 0 Å². The Morgan fingerprint density at radius 1 is 0.912 bits per heavy atom. The molecule has 3 aromatic carbocycles. The van der Waals surface area contributed by atoms with Crippen LogP contribution in [0.2, 0.25) is 0 Å². The van der Waals surface area contributed by atoms with Crippen molar-refractivity contribution in [2.24, 2.45) is 5.73 Å². The molecule has 4 aromatic rings. The lowest BCUT2D eigenvalue weighted by Gasteiger charge is -2.28. The van der Waals surface area contributed by atoms with Gasteiger partial charge in [0.05, 0.1) is 6.54 Å². The molecule has 0 bridgehead atoms. The summed E-state index contributed by atoms with van der Waals surface area (Å²) in [4.78, 5) is 27.9. The van der Waals surface area contributed by atoms with Crippen LogP contribution in [0.25, 0.3) is 0 Å². The van der Waals surface area contributed by atoms with Crippen molar-refractivity contribution >= 4 is 17.5 Å². The molecule has 0 aliphatic carbocycles. The summed E-state index contributed by atoms with van der Waals surface area (Å²) in [5.41, 5.74) is 8.44. The number of fused-ring (bicyclic) bond motifs is 2. The van der Waals surface area contributed by atoms with E-state index in [9.17, 15) is 14.7 Å². The molecule has 1 aromatic heterocycles. The fourth-order valence-corrected chi connectivity index (χ4v) is 4.74. The Hall–Kier alpha value is -4.16. The van der Waals surface area contributed by atoms with Gasteiger partial charge in [0, 0.05) is 35.2 Å². The number of hydrogen-bond acceptors (Lipinski definition) is 3. The Morgan fingerprint density at radius 2 is 1.65 bits per heavy atom. The molecule has 6 nitrogen and oxygen atoms in total. The highest BCUT2D eigenvalue weighted by molar-refractivity contribution is 6.06. The van der Waals surface area contributed by atoms with Crippen molar-refractivity contribution < 1.29 is 14.7 Å². The van der Waals surface area contributed by atoms with Gasteiger partial charge in [0.2, 0.25) is 0 Å². The van der Waals surface area contributed by atoms with Crippen LogP contribution in [0, 0.1) is 6.92 Å². The van der Waals surface area contributed by atoms with E-state index >= 15 is 0 Å². The molecule has 1 aliphatic heterocycles. The molecule has 0 saturated heterocycles. The number of benzene rings is 3. The van der Waals surface area contributed by atoms with Gasteiger partial charge in [-0.05, 0) is 53.9 Å². The van der Waals surface area contributed by atoms with Gasteiger partial charge in [-0.25, -0.2) is 0 Å². The van der Waals surface area contributed by atoms with Gasteiger partial charge in [-0.2, -0.15) is 0 Å². The molecule has 6 heteroatoms. The Kier molecular flexibility index (Phi) is 5.30. The molecular formula is C28H25N3O3. The van der Waals surface area contributed by atoms with E-state index in [4.69, 9.17) is 5.73 Å².